The predicted octanol–water partition coefficient (Wildman–Crippen LogP) is 3.78. The molecule has 2 rings (SSSR count). The van der Waals surface area contributed by atoms with Gasteiger partial charge in [-0.25, -0.2) is 0 Å². The summed E-state index contributed by atoms with van der Waals surface area (Å²) in [6.07, 6.45) is -3.60. The fraction of sp³-hybridized carbons (Fsp3) is 0.462. The van der Waals surface area contributed by atoms with E-state index in [0.29, 0.717) is 0 Å². The van der Waals surface area contributed by atoms with Crippen molar-refractivity contribution in [2.24, 2.45) is 5.16 Å². The lowest BCUT2D eigenvalue weighted by Gasteiger charge is -2.30. The van der Waals surface area contributed by atoms with Gasteiger partial charge in [0, 0.05) is 18.2 Å². The second-order valence-corrected chi connectivity index (χ2v) is 4.64. The Bertz CT molecular complexity index is 474. The Kier molecular flexibility index (Phi) is 2.87. The van der Waals surface area contributed by atoms with E-state index in [2.05, 4.69) is 9.99 Å². The number of halogens is 3. The molecule has 0 saturated heterocycles. The Morgan fingerprint density at radius 1 is 1.17 bits per heavy atom. The smallest absolute Gasteiger partial charge is 0.375 e. The highest BCUT2D eigenvalue weighted by Crippen LogP contribution is 2.47. The van der Waals surface area contributed by atoms with Crippen LogP contribution >= 0.6 is 0 Å². The van der Waals surface area contributed by atoms with E-state index in [0.717, 1.165) is 22.9 Å². The Labute approximate surface area is 103 Å². The fourth-order valence-corrected chi connectivity index (χ4v) is 2.10. The maximum atomic E-state index is 13.3. The molecule has 1 atom stereocenters. The van der Waals surface area contributed by atoms with Crippen molar-refractivity contribution >= 4 is 6.21 Å². The number of aryl methyl sites for hydroxylation is 2. The summed E-state index contributed by atoms with van der Waals surface area (Å²) < 4.78 is 39.8. The van der Waals surface area contributed by atoms with Crippen molar-refractivity contribution in [1.82, 2.24) is 0 Å². The molecule has 1 aliphatic rings. The predicted molar refractivity (Wildman–Crippen MR) is 62.6 cm³/mol. The summed E-state index contributed by atoms with van der Waals surface area (Å²) in [4.78, 5) is 4.69. The van der Waals surface area contributed by atoms with Crippen LogP contribution < -0.4 is 0 Å². The Morgan fingerprint density at radius 2 is 1.72 bits per heavy atom. The molecule has 0 radical (unpaired) electrons. The first-order chi connectivity index (χ1) is 8.28. The molecule has 1 aromatic rings. The molecule has 0 spiro atoms. The first-order valence-electron chi connectivity index (χ1n) is 5.63. The van der Waals surface area contributed by atoms with Crippen LogP contribution in [-0.2, 0) is 10.4 Å². The summed E-state index contributed by atoms with van der Waals surface area (Å²) in [5.41, 5.74) is 0.437. The third-order valence-corrected chi connectivity index (χ3v) is 3.51. The summed E-state index contributed by atoms with van der Waals surface area (Å²) in [6, 6.07) is 3.06. The highest BCUT2D eigenvalue weighted by Gasteiger charge is 2.60. The Hall–Kier alpha value is -1.52. The molecule has 2 nitrogen and oxygen atoms in total. The zero-order chi connectivity index (χ0) is 13.6. The molecule has 18 heavy (non-hydrogen) atoms. The zero-order valence-electron chi connectivity index (χ0n) is 10.4. The lowest BCUT2D eigenvalue weighted by atomic mass is 9.87. The minimum atomic E-state index is -4.49. The van der Waals surface area contributed by atoms with Crippen LogP contribution in [0.25, 0.3) is 0 Å². The third kappa shape index (κ3) is 1.78. The summed E-state index contributed by atoms with van der Waals surface area (Å²) in [6.45, 7) is 5.48. The van der Waals surface area contributed by atoms with Gasteiger partial charge < -0.3 is 4.84 Å². The van der Waals surface area contributed by atoms with E-state index in [1.54, 1.807) is 13.8 Å². The van der Waals surface area contributed by atoms with E-state index in [1.807, 2.05) is 6.92 Å². The van der Waals surface area contributed by atoms with Crippen LogP contribution in [0.3, 0.4) is 0 Å². The third-order valence-electron chi connectivity index (χ3n) is 3.51. The van der Waals surface area contributed by atoms with Gasteiger partial charge in [0.05, 0.1) is 0 Å². The van der Waals surface area contributed by atoms with Crippen molar-refractivity contribution in [3.05, 3.63) is 34.4 Å². The van der Waals surface area contributed by atoms with Crippen LogP contribution in [0.2, 0.25) is 0 Å². The van der Waals surface area contributed by atoms with Crippen molar-refractivity contribution in [3.8, 4) is 0 Å². The van der Waals surface area contributed by atoms with E-state index in [-0.39, 0.29) is 12.0 Å². The van der Waals surface area contributed by atoms with Crippen LogP contribution in [0.4, 0.5) is 13.2 Å². The number of nitrogens with zero attached hydrogens (tertiary/aromatic N) is 1. The molecule has 1 heterocycles. The van der Waals surface area contributed by atoms with Gasteiger partial charge in [-0.3, -0.25) is 0 Å². The van der Waals surface area contributed by atoms with Gasteiger partial charge in [-0.15, -0.1) is 0 Å². The van der Waals surface area contributed by atoms with E-state index >= 15 is 0 Å². The van der Waals surface area contributed by atoms with E-state index in [1.165, 1.54) is 12.1 Å². The van der Waals surface area contributed by atoms with Crippen molar-refractivity contribution in [2.45, 2.75) is 39.0 Å². The van der Waals surface area contributed by atoms with E-state index in [4.69, 9.17) is 0 Å². The highest BCUT2D eigenvalue weighted by molar-refractivity contribution is 5.62. The SMILES string of the molecule is Cc1cc(C2(C(F)(F)F)CC=NO2)cc(C)c1C. The molecule has 0 amide bonds. The monoisotopic (exact) mass is 257 g/mol. The van der Waals surface area contributed by atoms with E-state index < -0.39 is 11.8 Å². The molecule has 0 aliphatic carbocycles. The Balaban J connectivity index is 2.58. The molecule has 0 N–H and O–H groups in total. The minimum Gasteiger partial charge on any atom is -0.375 e. The van der Waals surface area contributed by atoms with Gasteiger partial charge in [-0.1, -0.05) is 17.3 Å². The molecular formula is C13H14F3NO. The molecule has 0 saturated carbocycles. The molecule has 5 heteroatoms. The molecule has 0 bridgehead atoms. The van der Waals surface area contributed by atoms with Crippen molar-refractivity contribution < 1.29 is 18.0 Å². The van der Waals surface area contributed by atoms with Crippen LogP contribution in [0, 0.1) is 20.8 Å². The average molecular weight is 257 g/mol. The van der Waals surface area contributed by atoms with Gasteiger partial charge >= 0.3 is 6.18 Å². The van der Waals surface area contributed by atoms with Gasteiger partial charge in [0.15, 0.2) is 0 Å². The quantitative estimate of drug-likeness (QED) is 0.750. The van der Waals surface area contributed by atoms with Crippen LogP contribution in [0.1, 0.15) is 28.7 Å². The molecule has 0 fully saturated rings. The number of alkyl halides is 3. The second-order valence-electron chi connectivity index (χ2n) is 4.64. The van der Waals surface area contributed by atoms with Crippen LogP contribution in [-0.4, -0.2) is 12.4 Å². The first-order valence-corrected chi connectivity index (χ1v) is 5.63. The summed E-state index contributed by atoms with van der Waals surface area (Å²) >= 11 is 0. The largest absolute Gasteiger partial charge is 0.435 e. The van der Waals surface area contributed by atoms with Gasteiger partial charge in [0.1, 0.15) is 0 Å². The molecule has 1 unspecified atom stereocenters. The van der Waals surface area contributed by atoms with E-state index in [9.17, 15) is 13.2 Å². The van der Waals surface area contributed by atoms with Crippen molar-refractivity contribution in [2.75, 3.05) is 0 Å². The molecular weight excluding hydrogens is 243 g/mol. The number of benzene rings is 1. The summed E-state index contributed by atoms with van der Waals surface area (Å²) in [7, 11) is 0. The van der Waals surface area contributed by atoms with Gasteiger partial charge in [-0.2, -0.15) is 13.2 Å². The van der Waals surface area contributed by atoms with Gasteiger partial charge in [0.2, 0.25) is 0 Å². The molecule has 1 aromatic carbocycles. The van der Waals surface area contributed by atoms with Crippen molar-refractivity contribution in [3.63, 3.8) is 0 Å². The number of oxime groups is 1. The van der Waals surface area contributed by atoms with Gasteiger partial charge in [-0.05, 0) is 37.5 Å². The first kappa shape index (κ1) is 12.9. The topological polar surface area (TPSA) is 21.6 Å². The number of hydrogen-bond acceptors (Lipinski definition) is 2. The normalized spacial score (nSPS) is 23.2. The fourth-order valence-electron chi connectivity index (χ4n) is 2.10. The molecule has 0 aromatic heterocycles. The Morgan fingerprint density at radius 3 is 2.11 bits per heavy atom. The average Bonchev–Trinajstić information content (AvgIpc) is 2.74. The second kappa shape index (κ2) is 4.00. The highest BCUT2D eigenvalue weighted by atomic mass is 19.4. The molecule has 98 valence electrons. The maximum Gasteiger partial charge on any atom is 0.435 e. The number of hydrogen-bond donors (Lipinski definition) is 0. The number of rotatable bonds is 1. The summed E-state index contributed by atoms with van der Waals surface area (Å²) in [5, 5.41) is 3.32. The summed E-state index contributed by atoms with van der Waals surface area (Å²) in [5.74, 6) is 0. The van der Waals surface area contributed by atoms with Gasteiger partial charge in [0.25, 0.3) is 5.60 Å². The molecule has 1 aliphatic heterocycles. The van der Waals surface area contributed by atoms with Crippen LogP contribution in [0.15, 0.2) is 17.3 Å². The van der Waals surface area contributed by atoms with Crippen molar-refractivity contribution in [1.29, 1.82) is 0 Å². The van der Waals surface area contributed by atoms with Crippen LogP contribution in [0.5, 0.6) is 0 Å². The maximum absolute atomic E-state index is 13.3. The standard InChI is InChI=1S/C13H14F3NO/c1-8-6-11(7-9(2)10(8)3)12(13(14,15)16)4-5-17-18-12/h5-7H,4H2,1-3H3. The lowest BCUT2D eigenvalue weighted by Crippen LogP contribution is -2.42. The minimum absolute atomic E-state index is 0.119. The zero-order valence-corrected chi connectivity index (χ0v) is 10.4. The lowest BCUT2D eigenvalue weighted by molar-refractivity contribution is -0.275.